The molecule has 90 valence electrons. The molecule has 2 aromatic rings. The quantitative estimate of drug-likeness (QED) is 0.779. The fourth-order valence-electron chi connectivity index (χ4n) is 1.53. The van der Waals surface area contributed by atoms with E-state index in [1.54, 1.807) is 26.4 Å². The Balaban J connectivity index is 2.33. The third-order valence-corrected chi connectivity index (χ3v) is 2.49. The summed E-state index contributed by atoms with van der Waals surface area (Å²) in [6, 6.07) is -0.379. The van der Waals surface area contributed by atoms with Crippen LogP contribution in [0.1, 0.15) is 12.7 Å². The molecule has 0 radical (unpaired) electrons. The third-order valence-electron chi connectivity index (χ3n) is 2.49. The fraction of sp³-hybridized carbons (Fsp3) is 0.400. The van der Waals surface area contributed by atoms with Gasteiger partial charge in [-0.3, -0.25) is 9.20 Å². The van der Waals surface area contributed by atoms with E-state index in [0.29, 0.717) is 11.5 Å². The second kappa shape index (κ2) is 4.36. The highest BCUT2D eigenvalue weighted by atomic mass is 16.2. The maximum Gasteiger partial charge on any atom is 0.241 e. The second-order valence-corrected chi connectivity index (χ2v) is 3.70. The van der Waals surface area contributed by atoms with E-state index in [2.05, 4.69) is 25.8 Å². The van der Waals surface area contributed by atoms with Crippen molar-refractivity contribution in [2.24, 2.45) is 0 Å². The lowest BCUT2D eigenvalue weighted by Gasteiger charge is -2.12. The number of amides is 1. The highest BCUT2D eigenvalue weighted by molar-refractivity contribution is 5.84. The minimum Gasteiger partial charge on any atom is -0.357 e. The lowest BCUT2D eigenvalue weighted by Crippen LogP contribution is -2.35. The fourth-order valence-corrected chi connectivity index (χ4v) is 1.53. The van der Waals surface area contributed by atoms with E-state index >= 15 is 0 Å². The summed E-state index contributed by atoms with van der Waals surface area (Å²) in [5.41, 5.74) is 0.612. The van der Waals surface area contributed by atoms with E-state index in [-0.39, 0.29) is 11.9 Å². The van der Waals surface area contributed by atoms with E-state index in [4.69, 9.17) is 0 Å². The molecule has 2 heterocycles. The molecule has 1 atom stereocenters. The average molecular weight is 234 g/mol. The minimum absolute atomic E-state index is 0.106. The number of carbonyl (C=O) groups excluding carboxylic acids is 1. The number of aromatic nitrogens is 4. The predicted octanol–water partition coefficient (Wildman–Crippen LogP) is -0.0209. The van der Waals surface area contributed by atoms with Gasteiger partial charge < -0.3 is 10.6 Å². The summed E-state index contributed by atoms with van der Waals surface area (Å²) in [6.45, 7) is 3.61. The monoisotopic (exact) mass is 234 g/mol. The number of aryl methyl sites for hydroxylation is 1. The first-order valence-electron chi connectivity index (χ1n) is 5.28. The Morgan fingerprint density at radius 3 is 2.94 bits per heavy atom. The summed E-state index contributed by atoms with van der Waals surface area (Å²) < 4.78 is 1.81. The number of fused-ring (bicyclic) bond motifs is 1. The van der Waals surface area contributed by atoms with Crippen LogP contribution in [0.2, 0.25) is 0 Å². The number of nitrogens with zero attached hydrogens (tertiary/aromatic N) is 4. The van der Waals surface area contributed by atoms with E-state index < -0.39 is 0 Å². The maximum atomic E-state index is 11.4. The van der Waals surface area contributed by atoms with Crippen molar-refractivity contribution in [3.63, 3.8) is 0 Å². The van der Waals surface area contributed by atoms with Crippen molar-refractivity contribution in [1.82, 2.24) is 24.9 Å². The van der Waals surface area contributed by atoms with Crippen molar-refractivity contribution >= 4 is 17.4 Å². The molecular formula is C10H14N6O. The van der Waals surface area contributed by atoms with Gasteiger partial charge in [0.25, 0.3) is 0 Å². The number of anilines is 1. The molecule has 2 aromatic heterocycles. The van der Waals surface area contributed by atoms with Crippen LogP contribution in [0.15, 0.2) is 12.4 Å². The van der Waals surface area contributed by atoms with Crippen molar-refractivity contribution in [2.75, 3.05) is 12.4 Å². The zero-order chi connectivity index (χ0) is 12.4. The minimum atomic E-state index is -0.379. The molecule has 0 aliphatic carbocycles. The molecular weight excluding hydrogens is 220 g/mol. The highest BCUT2D eigenvalue weighted by Crippen LogP contribution is 2.12. The molecule has 1 unspecified atom stereocenters. The molecule has 2 rings (SSSR count). The number of hydrogen-bond acceptors (Lipinski definition) is 5. The first kappa shape index (κ1) is 11.3. The van der Waals surface area contributed by atoms with Crippen LogP contribution >= 0.6 is 0 Å². The Morgan fingerprint density at radius 1 is 1.47 bits per heavy atom. The topological polar surface area (TPSA) is 84.2 Å². The van der Waals surface area contributed by atoms with Gasteiger partial charge in [0.05, 0.1) is 0 Å². The average Bonchev–Trinajstić information content (AvgIpc) is 2.71. The molecule has 2 N–H and O–H groups in total. The van der Waals surface area contributed by atoms with Gasteiger partial charge in [0.15, 0.2) is 5.82 Å². The Kier molecular flexibility index (Phi) is 2.90. The Labute approximate surface area is 98.3 Å². The van der Waals surface area contributed by atoms with Crippen LogP contribution in [0.25, 0.3) is 5.65 Å². The zero-order valence-electron chi connectivity index (χ0n) is 9.93. The molecule has 0 spiro atoms. The molecule has 0 saturated heterocycles. The molecule has 0 fully saturated rings. The molecule has 7 nitrogen and oxygen atoms in total. The Bertz CT molecular complexity index is 549. The Hall–Kier alpha value is -2.18. The normalized spacial score (nSPS) is 12.4. The molecule has 0 aromatic carbocycles. The standard InChI is InChI=1S/C10H14N6O/c1-6(10(17)11-3)13-8-9-15-14-7(2)16(9)5-4-12-8/h4-6H,1-3H3,(H,11,17)(H,12,13). The van der Waals surface area contributed by atoms with Gasteiger partial charge in [-0.15, -0.1) is 10.2 Å². The number of likely N-dealkylation sites (N-methyl/N-ethyl adjacent to an activating group) is 1. The summed E-state index contributed by atoms with van der Waals surface area (Å²) in [5, 5.41) is 13.5. The van der Waals surface area contributed by atoms with E-state index in [1.807, 2.05) is 11.3 Å². The van der Waals surface area contributed by atoms with Crippen molar-refractivity contribution in [2.45, 2.75) is 19.9 Å². The van der Waals surface area contributed by atoms with Crippen molar-refractivity contribution < 1.29 is 4.79 Å². The molecule has 0 saturated carbocycles. The van der Waals surface area contributed by atoms with Crippen LogP contribution in [-0.4, -0.2) is 38.6 Å². The van der Waals surface area contributed by atoms with Gasteiger partial charge in [0.2, 0.25) is 11.6 Å². The van der Waals surface area contributed by atoms with Crippen molar-refractivity contribution in [1.29, 1.82) is 0 Å². The molecule has 1 amide bonds. The van der Waals surface area contributed by atoms with Gasteiger partial charge >= 0.3 is 0 Å². The molecule has 0 aliphatic heterocycles. The van der Waals surface area contributed by atoms with E-state index in [9.17, 15) is 4.79 Å². The molecule has 0 bridgehead atoms. The number of hydrogen-bond donors (Lipinski definition) is 2. The SMILES string of the molecule is CNC(=O)C(C)Nc1nccn2c(C)nnc12. The summed E-state index contributed by atoms with van der Waals surface area (Å²) in [5.74, 6) is 1.22. The number of rotatable bonds is 3. The smallest absolute Gasteiger partial charge is 0.241 e. The van der Waals surface area contributed by atoms with Gasteiger partial charge in [0.1, 0.15) is 11.9 Å². The lowest BCUT2D eigenvalue weighted by molar-refractivity contribution is -0.121. The van der Waals surface area contributed by atoms with Crippen LogP contribution < -0.4 is 10.6 Å². The van der Waals surface area contributed by atoms with Gasteiger partial charge in [-0.25, -0.2) is 4.98 Å². The van der Waals surface area contributed by atoms with Gasteiger partial charge in [-0.05, 0) is 13.8 Å². The largest absolute Gasteiger partial charge is 0.357 e. The van der Waals surface area contributed by atoms with Crippen LogP contribution in [0.3, 0.4) is 0 Å². The van der Waals surface area contributed by atoms with Crippen molar-refractivity contribution in [3.8, 4) is 0 Å². The predicted molar refractivity (Wildman–Crippen MR) is 62.7 cm³/mol. The van der Waals surface area contributed by atoms with Gasteiger partial charge in [-0.1, -0.05) is 0 Å². The van der Waals surface area contributed by atoms with Crippen LogP contribution in [0.5, 0.6) is 0 Å². The molecule has 7 heteroatoms. The lowest BCUT2D eigenvalue weighted by atomic mass is 10.3. The van der Waals surface area contributed by atoms with Crippen LogP contribution in [0.4, 0.5) is 5.82 Å². The van der Waals surface area contributed by atoms with Gasteiger partial charge in [0, 0.05) is 19.4 Å². The number of carbonyl (C=O) groups is 1. The summed E-state index contributed by atoms with van der Waals surface area (Å²) in [6.07, 6.45) is 3.42. The van der Waals surface area contributed by atoms with E-state index in [1.165, 1.54) is 0 Å². The summed E-state index contributed by atoms with van der Waals surface area (Å²) >= 11 is 0. The second-order valence-electron chi connectivity index (χ2n) is 3.70. The first-order chi connectivity index (χ1) is 8.13. The molecule has 17 heavy (non-hydrogen) atoms. The Morgan fingerprint density at radius 2 is 2.24 bits per heavy atom. The van der Waals surface area contributed by atoms with Crippen LogP contribution in [-0.2, 0) is 4.79 Å². The van der Waals surface area contributed by atoms with Crippen molar-refractivity contribution in [3.05, 3.63) is 18.2 Å². The highest BCUT2D eigenvalue weighted by Gasteiger charge is 2.14. The maximum absolute atomic E-state index is 11.4. The zero-order valence-corrected chi connectivity index (χ0v) is 9.93. The first-order valence-corrected chi connectivity index (χ1v) is 5.28. The van der Waals surface area contributed by atoms with Crippen LogP contribution in [0, 0.1) is 6.92 Å². The number of nitrogens with one attached hydrogen (secondary N) is 2. The van der Waals surface area contributed by atoms with Gasteiger partial charge in [-0.2, -0.15) is 0 Å². The third kappa shape index (κ3) is 2.03. The van der Waals surface area contributed by atoms with E-state index in [0.717, 1.165) is 5.82 Å². The summed E-state index contributed by atoms with van der Waals surface area (Å²) in [4.78, 5) is 15.6. The summed E-state index contributed by atoms with van der Waals surface area (Å²) in [7, 11) is 1.59. The molecule has 0 aliphatic rings.